The van der Waals surface area contributed by atoms with Crippen molar-refractivity contribution in [2.24, 2.45) is 0 Å². The molecule has 0 amide bonds. The summed E-state index contributed by atoms with van der Waals surface area (Å²) in [5.74, 6) is 0. The number of fused-ring (bicyclic) bond motifs is 12. The molecule has 0 spiro atoms. The van der Waals surface area contributed by atoms with Crippen LogP contribution in [0.4, 0.5) is 0 Å². The number of rotatable bonds is 3. The molecule has 12 aromatic carbocycles. The Labute approximate surface area is 323 Å². The van der Waals surface area contributed by atoms with E-state index in [1.807, 2.05) is 0 Å². The summed E-state index contributed by atoms with van der Waals surface area (Å²) in [6.07, 6.45) is 0. The molecule has 0 fully saturated rings. The van der Waals surface area contributed by atoms with Crippen molar-refractivity contribution < 1.29 is 4.57 Å². The molecule has 0 aliphatic carbocycles. The van der Waals surface area contributed by atoms with Gasteiger partial charge in [-0.1, -0.05) is 146 Å². The van der Waals surface area contributed by atoms with E-state index in [1.54, 1.807) is 0 Å². The lowest BCUT2D eigenvalue weighted by atomic mass is 9.98. The van der Waals surface area contributed by atoms with Gasteiger partial charge in [-0.05, 0) is 152 Å². The first kappa shape index (κ1) is 31.5. The topological polar surface area (TPSA) is 17.1 Å². The quantitative estimate of drug-likeness (QED) is 0.101. The van der Waals surface area contributed by atoms with Crippen molar-refractivity contribution in [3.8, 4) is 0 Å². The van der Waals surface area contributed by atoms with E-state index >= 15 is 4.57 Å². The number of benzene rings is 12. The van der Waals surface area contributed by atoms with E-state index in [1.165, 1.54) is 64.6 Å². The van der Waals surface area contributed by atoms with E-state index < -0.39 is 7.14 Å². The molecule has 0 saturated heterocycles. The fourth-order valence-electron chi connectivity index (χ4n) is 9.26. The van der Waals surface area contributed by atoms with Gasteiger partial charge in [0.1, 0.15) is 0 Å². The second-order valence-electron chi connectivity index (χ2n) is 15.3. The highest BCUT2D eigenvalue weighted by molar-refractivity contribution is 7.85. The predicted octanol–water partition coefficient (Wildman–Crippen LogP) is 13.7. The van der Waals surface area contributed by atoms with Crippen LogP contribution in [0, 0.1) is 0 Å². The Morgan fingerprint density at radius 1 is 0.214 bits per heavy atom. The van der Waals surface area contributed by atoms with Crippen molar-refractivity contribution in [2.45, 2.75) is 0 Å². The average molecular weight is 729 g/mol. The van der Waals surface area contributed by atoms with Crippen molar-refractivity contribution in [1.29, 1.82) is 0 Å². The summed E-state index contributed by atoms with van der Waals surface area (Å²) in [7, 11) is -3.39. The Morgan fingerprint density at radius 3 is 0.750 bits per heavy atom. The SMILES string of the molecule is O=P(c1ccc2c(ccc3cc4ccccc4cc32)c1)(c1ccc2c(ccc3cc4ccccc4cc32)c1)c1ccc2c(ccc3cc4ccccc4cc32)c1. The third-order valence-electron chi connectivity index (χ3n) is 12.1. The van der Waals surface area contributed by atoms with Gasteiger partial charge in [0.05, 0.1) is 0 Å². The summed E-state index contributed by atoms with van der Waals surface area (Å²) in [4.78, 5) is 0. The monoisotopic (exact) mass is 728 g/mol. The average Bonchev–Trinajstić information content (AvgIpc) is 3.26. The summed E-state index contributed by atoms with van der Waals surface area (Å²) < 4.78 is 16.5. The maximum atomic E-state index is 16.5. The Balaban J connectivity index is 1.09. The van der Waals surface area contributed by atoms with Crippen molar-refractivity contribution in [2.75, 3.05) is 0 Å². The Hall–Kier alpha value is -6.79. The van der Waals surface area contributed by atoms with Crippen molar-refractivity contribution >= 4 is 120 Å². The summed E-state index contributed by atoms with van der Waals surface area (Å²) in [6.45, 7) is 0. The van der Waals surface area contributed by atoms with Gasteiger partial charge in [0, 0.05) is 15.9 Å². The first-order valence-electron chi connectivity index (χ1n) is 19.2. The Morgan fingerprint density at radius 2 is 0.464 bits per heavy atom. The third-order valence-corrected chi connectivity index (χ3v) is 15.2. The molecule has 56 heavy (non-hydrogen) atoms. The van der Waals surface area contributed by atoms with E-state index in [9.17, 15) is 0 Å². The first-order valence-corrected chi connectivity index (χ1v) is 21.0. The highest BCUT2D eigenvalue weighted by atomic mass is 31.2. The highest BCUT2D eigenvalue weighted by Crippen LogP contribution is 2.46. The van der Waals surface area contributed by atoms with Crippen LogP contribution in [0.25, 0.3) is 97.0 Å². The molecule has 260 valence electrons. The highest BCUT2D eigenvalue weighted by Gasteiger charge is 2.31. The minimum absolute atomic E-state index is 0.836. The van der Waals surface area contributed by atoms with Crippen LogP contribution in [-0.4, -0.2) is 0 Å². The van der Waals surface area contributed by atoms with Crippen LogP contribution in [-0.2, 0) is 4.57 Å². The van der Waals surface area contributed by atoms with Crippen LogP contribution in [0.1, 0.15) is 0 Å². The maximum absolute atomic E-state index is 16.5. The van der Waals surface area contributed by atoms with Gasteiger partial charge in [-0.15, -0.1) is 0 Å². The molecule has 0 aliphatic heterocycles. The molecule has 0 radical (unpaired) electrons. The lowest BCUT2D eigenvalue weighted by molar-refractivity contribution is 0.592. The third kappa shape index (κ3) is 4.72. The number of hydrogen-bond acceptors (Lipinski definition) is 1. The normalized spacial score (nSPS) is 12.4. The minimum atomic E-state index is -3.39. The largest absolute Gasteiger partial charge is 0.309 e. The van der Waals surface area contributed by atoms with E-state index in [2.05, 4.69) is 200 Å². The molecule has 0 heterocycles. The van der Waals surface area contributed by atoms with Gasteiger partial charge < -0.3 is 4.57 Å². The zero-order valence-corrected chi connectivity index (χ0v) is 31.3. The lowest BCUT2D eigenvalue weighted by Gasteiger charge is -2.22. The van der Waals surface area contributed by atoms with Crippen LogP contribution < -0.4 is 15.9 Å². The van der Waals surface area contributed by atoms with Crippen LogP contribution in [0.5, 0.6) is 0 Å². The summed E-state index contributed by atoms with van der Waals surface area (Å²) in [5, 5.41) is 23.8. The molecule has 0 aliphatic rings. The summed E-state index contributed by atoms with van der Waals surface area (Å²) in [6, 6.07) is 71.9. The molecule has 12 aromatic rings. The first-order chi connectivity index (χ1) is 27.6. The molecule has 0 bridgehead atoms. The molecule has 0 unspecified atom stereocenters. The molecule has 1 nitrogen and oxygen atoms in total. The zero-order valence-electron chi connectivity index (χ0n) is 30.4. The van der Waals surface area contributed by atoms with E-state index in [0.717, 1.165) is 48.2 Å². The fraction of sp³-hybridized carbons (Fsp3) is 0. The van der Waals surface area contributed by atoms with Crippen LogP contribution in [0.2, 0.25) is 0 Å². The summed E-state index contributed by atoms with van der Waals surface area (Å²) >= 11 is 0. The van der Waals surface area contributed by atoms with Crippen LogP contribution >= 0.6 is 7.14 Å². The smallest absolute Gasteiger partial charge is 0.171 e. The molecular formula is C54H33OP. The molecule has 0 saturated carbocycles. The second kappa shape index (κ2) is 11.9. The van der Waals surface area contributed by atoms with E-state index in [-0.39, 0.29) is 0 Å². The van der Waals surface area contributed by atoms with Crippen LogP contribution in [0.15, 0.2) is 200 Å². The van der Waals surface area contributed by atoms with Gasteiger partial charge in [0.2, 0.25) is 0 Å². The second-order valence-corrected chi connectivity index (χ2v) is 18.1. The molecule has 0 atom stereocenters. The van der Waals surface area contributed by atoms with Gasteiger partial charge in [0.15, 0.2) is 7.14 Å². The summed E-state index contributed by atoms with van der Waals surface area (Å²) in [5.41, 5.74) is 0. The predicted molar refractivity (Wildman–Crippen MR) is 243 cm³/mol. The zero-order chi connectivity index (χ0) is 37.0. The Bertz CT molecular complexity index is 3300. The van der Waals surface area contributed by atoms with E-state index in [0.29, 0.717) is 0 Å². The fourth-order valence-corrected chi connectivity index (χ4v) is 12.0. The van der Waals surface area contributed by atoms with Gasteiger partial charge >= 0.3 is 0 Å². The molecule has 12 rings (SSSR count). The molecular weight excluding hydrogens is 696 g/mol. The van der Waals surface area contributed by atoms with Gasteiger partial charge in [-0.2, -0.15) is 0 Å². The lowest BCUT2D eigenvalue weighted by Crippen LogP contribution is -2.25. The van der Waals surface area contributed by atoms with Crippen LogP contribution in [0.3, 0.4) is 0 Å². The van der Waals surface area contributed by atoms with E-state index in [4.69, 9.17) is 0 Å². The Kier molecular flexibility index (Phi) is 6.68. The van der Waals surface area contributed by atoms with Gasteiger partial charge in [-0.25, -0.2) is 0 Å². The van der Waals surface area contributed by atoms with Gasteiger partial charge in [-0.3, -0.25) is 0 Å². The maximum Gasteiger partial charge on any atom is 0.171 e. The minimum Gasteiger partial charge on any atom is -0.309 e. The van der Waals surface area contributed by atoms with Crippen molar-refractivity contribution in [3.05, 3.63) is 200 Å². The molecule has 2 heteroatoms. The van der Waals surface area contributed by atoms with Crippen molar-refractivity contribution in [1.82, 2.24) is 0 Å². The standard InChI is InChI=1S/C54H33OP/c55-56(46-19-22-49-43(28-46)16-13-40-25-34-7-1-4-10-37(34)31-52(40)49,47-20-23-50-44(29-47)17-14-41-26-35-8-2-5-11-38(35)32-53(41)50)48-21-24-51-45(30-48)18-15-42-27-36-9-3-6-12-39(36)33-54(42)51/h1-33H. The van der Waals surface area contributed by atoms with Crippen molar-refractivity contribution in [3.63, 3.8) is 0 Å². The molecule has 0 aromatic heterocycles. The van der Waals surface area contributed by atoms with Gasteiger partial charge in [0.25, 0.3) is 0 Å². The molecule has 0 N–H and O–H groups in total. The number of hydrogen-bond donors (Lipinski definition) is 0.